The Morgan fingerprint density at radius 1 is 1.50 bits per heavy atom. The summed E-state index contributed by atoms with van der Waals surface area (Å²) in [5.74, 6) is 0.956. The number of hydrogen-bond acceptors (Lipinski definition) is 2. The van der Waals surface area contributed by atoms with Crippen molar-refractivity contribution in [1.29, 1.82) is 0 Å². The molecule has 2 rings (SSSR count). The highest BCUT2D eigenvalue weighted by molar-refractivity contribution is 7.99. The van der Waals surface area contributed by atoms with Gasteiger partial charge in [0.25, 0.3) is 0 Å². The first-order chi connectivity index (χ1) is 6.63. The van der Waals surface area contributed by atoms with Gasteiger partial charge in [0, 0.05) is 16.3 Å². The predicted octanol–water partition coefficient (Wildman–Crippen LogP) is 2.80. The van der Waals surface area contributed by atoms with Gasteiger partial charge >= 0.3 is 0 Å². The van der Waals surface area contributed by atoms with E-state index in [-0.39, 0.29) is 5.56 Å². The fraction of sp³-hybridized carbons (Fsp3) is 0.400. The Labute approximate surface area is 91.3 Å². The zero-order valence-corrected chi connectivity index (χ0v) is 9.04. The molecule has 0 saturated carbocycles. The predicted molar refractivity (Wildman–Crippen MR) is 57.2 cm³/mol. The molecule has 1 N–H and O–H groups in total. The van der Waals surface area contributed by atoms with Crippen molar-refractivity contribution < 1.29 is 9.50 Å². The quantitative estimate of drug-likeness (QED) is 0.804. The summed E-state index contributed by atoms with van der Waals surface area (Å²) >= 11 is 7.51. The summed E-state index contributed by atoms with van der Waals surface area (Å²) in [6, 6.07) is 4.50. The number of hydrogen-bond donors (Lipinski definition) is 1. The van der Waals surface area contributed by atoms with Gasteiger partial charge in [-0.2, -0.15) is 11.8 Å². The lowest BCUT2D eigenvalue weighted by atomic mass is 9.93. The molecule has 0 radical (unpaired) electrons. The van der Waals surface area contributed by atoms with Crippen LogP contribution in [0.15, 0.2) is 18.2 Å². The zero-order valence-electron chi connectivity index (χ0n) is 7.46. The van der Waals surface area contributed by atoms with E-state index in [9.17, 15) is 9.50 Å². The third-order valence-corrected chi connectivity index (χ3v) is 3.92. The van der Waals surface area contributed by atoms with Crippen molar-refractivity contribution in [3.63, 3.8) is 0 Å². The molecule has 0 amide bonds. The second kappa shape index (κ2) is 3.72. The Hall–Kier alpha value is -0.250. The standard InChI is InChI=1S/C10H10ClFOS/c11-7-2-1-3-8(12)9(7)10(13)4-5-14-6-10/h1-3,13H,4-6H2. The first kappa shape index (κ1) is 10.3. The van der Waals surface area contributed by atoms with Gasteiger partial charge in [0.15, 0.2) is 0 Å². The topological polar surface area (TPSA) is 20.2 Å². The number of aliphatic hydroxyl groups is 1. The smallest absolute Gasteiger partial charge is 0.130 e. The first-order valence-electron chi connectivity index (χ1n) is 4.38. The van der Waals surface area contributed by atoms with Crippen LogP contribution in [0.5, 0.6) is 0 Å². The van der Waals surface area contributed by atoms with Gasteiger partial charge in [0.05, 0.1) is 0 Å². The third-order valence-electron chi connectivity index (χ3n) is 2.43. The van der Waals surface area contributed by atoms with Crippen LogP contribution in [-0.4, -0.2) is 16.6 Å². The average molecular weight is 233 g/mol. The SMILES string of the molecule is OC1(c2c(F)cccc2Cl)CCSC1. The van der Waals surface area contributed by atoms with Gasteiger partial charge in [-0.15, -0.1) is 0 Å². The molecule has 0 bridgehead atoms. The summed E-state index contributed by atoms with van der Waals surface area (Å²) in [6.07, 6.45) is 0.568. The Kier molecular flexibility index (Phi) is 2.73. The molecule has 0 spiro atoms. The van der Waals surface area contributed by atoms with E-state index in [1.54, 1.807) is 23.9 Å². The molecule has 1 heterocycles. The maximum absolute atomic E-state index is 13.5. The van der Waals surface area contributed by atoms with Crippen LogP contribution in [0, 0.1) is 5.82 Å². The van der Waals surface area contributed by atoms with Gasteiger partial charge in [0.2, 0.25) is 0 Å². The molecule has 1 aromatic rings. The maximum Gasteiger partial charge on any atom is 0.130 e. The molecule has 76 valence electrons. The molecule has 4 heteroatoms. The Morgan fingerprint density at radius 2 is 2.29 bits per heavy atom. The summed E-state index contributed by atoms with van der Waals surface area (Å²) in [7, 11) is 0. The highest BCUT2D eigenvalue weighted by Crippen LogP contribution is 2.40. The van der Waals surface area contributed by atoms with Crippen LogP contribution in [0.4, 0.5) is 4.39 Å². The molecule has 1 aromatic carbocycles. The zero-order chi connectivity index (χ0) is 10.2. The van der Waals surface area contributed by atoms with E-state index < -0.39 is 11.4 Å². The van der Waals surface area contributed by atoms with Crippen LogP contribution in [0.25, 0.3) is 0 Å². The van der Waals surface area contributed by atoms with Crippen LogP contribution < -0.4 is 0 Å². The minimum Gasteiger partial charge on any atom is -0.384 e. The molecular weight excluding hydrogens is 223 g/mol. The molecule has 1 aliphatic rings. The maximum atomic E-state index is 13.5. The normalized spacial score (nSPS) is 26.8. The molecule has 1 aliphatic heterocycles. The summed E-state index contributed by atoms with van der Waals surface area (Å²) < 4.78 is 13.5. The van der Waals surface area contributed by atoms with Gasteiger partial charge in [-0.1, -0.05) is 17.7 Å². The second-order valence-corrected chi connectivity index (χ2v) is 4.94. The molecule has 1 nitrogen and oxygen atoms in total. The summed E-state index contributed by atoms with van der Waals surface area (Å²) in [6.45, 7) is 0. The van der Waals surface area contributed by atoms with Crippen LogP contribution in [0.2, 0.25) is 5.02 Å². The minimum absolute atomic E-state index is 0.256. The fourth-order valence-corrected chi connectivity index (χ4v) is 3.29. The van der Waals surface area contributed by atoms with Gasteiger partial charge < -0.3 is 5.11 Å². The van der Waals surface area contributed by atoms with Crippen LogP contribution in [-0.2, 0) is 5.60 Å². The van der Waals surface area contributed by atoms with Crippen molar-refractivity contribution in [2.24, 2.45) is 0 Å². The Balaban J connectivity index is 2.49. The van der Waals surface area contributed by atoms with Crippen molar-refractivity contribution in [1.82, 2.24) is 0 Å². The van der Waals surface area contributed by atoms with E-state index in [0.29, 0.717) is 17.2 Å². The van der Waals surface area contributed by atoms with Gasteiger partial charge in [0.1, 0.15) is 11.4 Å². The van der Waals surface area contributed by atoms with Crippen molar-refractivity contribution in [3.05, 3.63) is 34.6 Å². The lowest BCUT2D eigenvalue weighted by Gasteiger charge is -2.23. The number of benzene rings is 1. The molecule has 0 aromatic heterocycles. The average Bonchev–Trinajstić information content (AvgIpc) is 2.52. The summed E-state index contributed by atoms with van der Waals surface area (Å²) in [4.78, 5) is 0. The van der Waals surface area contributed by atoms with Crippen molar-refractivity contribution >= 4 is 23.4 Å². The molecule has 1 saturated heterocycles. The monoisotopic (exact) mass is 232 g/mol. The first-order valence-corrected chi connectivity index (χ1v) is 5.91. The highest BCUT2D eigenvalue weighted by Gasteiger charge is 2.37. The van der Waals surface area contributed by atoms with E-state index in [0.717, 1.165) is 5.75 Å². The third kappa shape index (κ3) is 1.64. The molecule has 1 atom stereocenters. The van der Waals surface area contributed by atoms with E-state index in [1.807, 2.05) is 0 Å². The lowest BCUT2D eigenvalue weighted by molar-refractivity contribution is 0.0620. The van der Waals surface area contributed by atoms with E-state index in [4.69, 9.17) is 11.6 Å². The van der Waals surface area contributed by atoms with Crippen molar-refractivity contribution in [2.75, 3.05) is 11.5 Å². The number of rotatable bonds is 1. The van der Waals surface area contributed by atoms with E-state index in [2.05, 4.69) is 0 Å². The second-order valence-electron chi connectivity index (χ2n) is 3.43. The van der Waals surface area contributed by atoms with Gasteiger partial charge in [-0.3, -0.25) is 0 Å². The largest absolute Gasteiger partial charge is 0.384 e. The molecule has 1 unspecified atom stereocenters. The molecule has 0 aliphatic carbocycles. The van der Waals surface area contributed by atoms with Crippen molar-refractivity contribution in [2.45, 2.75) is 12.0 Å². The highest BCUT2D eigenvalue weighted by atomic mass is 35.5. The Bertz CT molecular complexity index is 330. The van der Waals surface area contributed by atoms with Crippen LogP contribution >= 0.6 is 23.4 Å². The minimum atomic E-state index is -1.08. The number of thioether (sulfide) groups is 1. The van der Waals surface area contributed by atoms with Crippen LogP contribution in [0.1, 0.15) is 12.0 Å². The fourth-order valence-electron chi connectivity index (χ4n) is 1.69. The molecular formula is C10H10ClFOS. The van der Waals surface area contributed by atoms with Gasteiger partial charge in [-0.25, -0.2) is 4.39 Å². The molecule has 14 heavy (non-hydrogen) atoms. The Morgan fingerprint density at radius 3 is 2.86 bits per heavy atom. The lowest BCUT2D eigenvalue weighted by Crippen LogP contribution is -2.26. The van der Waals surface area contributed by atoms with E-state index in [1.165, 1.54) is 6.07 Å². The van der Waals surface area contributed by atoms with E-state index >= 15 is 0 Å². The van der Waals surface area contributed by atoms with Crippen LogP contribution in [0.3, 0.4) is 0 Å². The van der Waals surface area contributed by atoms with Gasteiger partial charge in [-0.05, 0) is 24.3 Å². The summed E-state index contributed by atoms with van der Waals surface area (Å²) in [5.41, 5.74) is -0.820. The number of halogens is 2. The molecule has 1 fully saturated rings. The summed E-state index contributed by atoms with van der Waals surface area (Å²) in [5, 5.41) is 10.5. The van der Waals surface area contributed by atoms with Crippen molar-refractivity contribution in [3.8, 4) is 0 Å².